The number of hydrogen-bond donors (Lipinski definition) is 2. The van der Waals surface area contributed by atoms with E-state index in [1.165, 1.54) is 11.0 Å². The van der Waals surface area contributed by atoms with Crippen molar-refractivity contribution in [3.8, 4) is 22.3 Å². The highest BCUT2D eigenvalue weighted by atomic mass is 32.1. The molecule has 0 aliphatic carbocycles. The number of alkyl halides is 3. The Labute approximate surface area is 424 Å². The second-order valence-electron chi connectivity index (χ2n) is 18.9. The molecule has 2 N–H and O–H groups in total. The number of aryl methyl sites for hydroxylation is 2. The van der Waals surface area contributed by atoms with Crippen LogP contribution in [0.1, 0.15) is 84.4 Å². The van der Waals surface area contributed by atoms with Crippen LogP contribution >= 0.6 is 23.6 Å². The van der Waals surface area contributed by atoms with Crippen LogP contribution in [-0.4, -0.2) is 98.7 Å². The van der Waals surface area contributed by atoms with Crippen LogP contribution in [0.5, 0.6) is 5.75 Å². The van der Waals surface area contributed by atoms with E-state index in [0.717, 1.165) is 49.9 Å². The Morgan fingerprint density at radius 3 is 2.40 bits per heavy atom. The highest BCUT2D eigenvalue weighted by molar-refractivity contribution is 7.81. The van der Waals surface area contributed by atoms with Crippen LogP contribution in [0.15, 0.2) is 90.4 Å². The van der Waals surface area contributed by atoms with E-state index in [1.54, 1.807) is 76.9 Å². The zero-order valence-corrected chi connectivity index (χ0v) is 42.0. The van der Waals surface area contributed by atoms with Crippen molar-refractivity contribution in [2.75, 3.05) is 36.2 Å². The zero-order valence-electron chi connectivity index (χ0n) is 40.4. The first-order valence-electron chi connectivity index (χ1n) is 23.6. The van der Waals surface area contributed by atoms with Gasteiger partial charge in [0, 0.05) is 43.9 Å². The first kappa shape index (κ1) is 51.6. The number of ether oxygens (including phenoxy) is 2. The van der Waals surface area contributed by atoms with E-state index in [0.29, 0.717) is 36.4 Å². The highest BCUT2D eigenvalue weighted by Crippen LogP contribution is 2.40. The number of halogens is 3. The van der Waals surface area contributed by atoms with Crippen molar-refractivity contribution in [1.82, 2.24) is 20.1 Å². The molecule has 5 aromatic rings. The molecule has 1 aromatic heterocycles. The molecule has 3 atom stereocenters. The number of carbonyl (C=O) groups excluding carboxylic acids is 4. The predicted molar refractivity (Wildman–Crippen MR) is 269 cm³/mol. The third-order valence-corrected chi connectivity index (χ3v) is 14.6. The maximum absolute atomic E-state index is 14.4. The van der Waals surface area contributed by atoms with Crippen LogP contribution in [0, 0.1) is 24.2 Å². The quantitative estimate of drug-likeness (QED) is 0.0681. The number of nitrogens with zero attached hydrogens (tertiary/aromatic N) is 6. The number of thiazole rings is 1. The van der Waals surface area contributed by atoms with Crippen molar-refractivity contribution in [1.29, 1.82) is 5.26 Å². The zero-order chi connectivity index (χ0) is 51.6. The number of amides is 4. The molecule has 376 valence electrons. The second kappa shape index (κ2) is 21.2. The Balaban J connectivity index is 0.814. The summed E-state index contributed by atoms with van der Waals surface area (Å²) < 4.78 is 53.1. The van der Waals surface area contributed by atoms with Gasteiger partial charge in [0.05, 0.1) is 51.7 Å². The van der Waals surface area contributed by atoms with E-state index < -0.39 is 46.9 Å². The number of aliphatic hydroxyl groups is 1. The fraction of sp³-hybridized carbons (Fsp3) is 0.377. The number of nitriles is 1. The molecular formula is C53H54F3N7O7S2. The molecule has 0 saturated carbocycles. The molecule has 19 heteroatoms. The summed E-state index contributed by atoms with van der Waals surface area (Å²) in [5, 5.41) is 22.9. The minimum atomic E-state index is -4.81. The summed E-state index contributed by atoms with van der Waals surface area (Å²) in [6.07, 6.45) is -4.34. The summed E-state index contributed by atoms with van der Waals surface area (Å²) >= 11 is 7.21. The van der Waals surface area contributed by atoms with Crippen LogP contribution in [0.4, 0.5) is 24.5 Å². The van der Waals surface area contributed by atoms with E-state index in [-0.39, 0.29) is 73.7 Å². The van der Waals surface area contributed by atoms with E-state index in [4.69, 9.17) is 21.7 Å². The normalized spacial score (nSPS) is 18.0. The number of benzene rings is 4. The molecule has 0 radical (unpaired) electrons. The summed E-state index contributed by atoms with van der Waals surface area (Å²) in [5.74, 6) is -1.31. The maximum Gasteiger partial charge on any atom is 0.417 e. The molecule has 72 heavy (non-hydrogen) atoms. The average molecular weight is 1020 g/mol. The number of β-amino-alcohol motifs (C(OH)–C–C–N with tert-alkyl or cyclic N) is 1. The second-order valence-corrected chi connectivity index (χ2v) is 20.1. The molecule has 3 aliphatic heterocycles. The van der Waals surface area contributed by atoms with Gasteiger partial charge in [-0.15, -0.1) is 11.3 Å². The SMILES string of the molecule is Cc1ncsc1-c1ccc(CNC(=O)[C@@H]2C[C@@H](O)CN2C(=O)[C@H](C(C)C)N2Cc3c(CCCOCCOc4ccc(N5C(=S)N(c6ccc(C#N)c(C(F)(F)F)c6)C(=O)C5(C)C)cc4)cccc3C2=O)cc1. The number of carbonyl (C=O) groups is 4. The number of aromatic nitrogens is 1. The van der Waals surface area contributed by atoms with E-state index in [2.05, 4.69) is 10.3 Å². The lowest BCUT2D eigenvalue weighted by molar-refractivity contribution is -0.143. The molecule has 4 aromatic carbocycles. The molecular weight excluding hydrogens is 968 g/mol. The van der Waals surface area contributed by atoms with Crippen LogP contribution in [-0.2, 0) is 44.8 Å². The number of fused-ring (bicyclic) bond motifs is 1. The van der Waals surface area contributed by atoms with Gasteiger partial charge in [0.1, 0.15) is 30.0 Å². The summed E-state index contributed by atoms with van der Waals surface area (Å²) in [7, 11) is 0. The third-order valence-electron chi connectivity index (χ3n) is 13.3. The Bertz CT molecular complexity index is 2920. The van der Waals surface area contributed by atoms with Crippen molar-refractivity contribution < 1.29 is 46.9 Å². The van der Waals surface area contributed by atoms with Crippen molar-refractivity contribution in [2.24, 2.45) is 5.92 Å². The predicted octanol–water partition coefficient (Wildman–Crippen LogP) is 8.21. The monoisotopic (exact) mass is 1020 g/mol. The van der Waals surface area contributed by atoms with Gasteiger partial charge in [0.25, 0.3) is 11.8 Å². The van der Waals surface area contributed by atoms with Gasteiger partial charge in [-0.3, -0.25) is 24.1 Å². The van der Waals surface area contributed by atoms with Gasteiger partial charge < -0.3 is 34.6 Å². The van der Waals surface area contributed by atoms with Crippen molar-refractivity contribution >= 4 is 63.7 Å². The lowest BCUT2D eigenvalue weighted by atomic mass is 9.99. The lowest BCUT2D eigenvalue weighted by Gasteiger charge is -2.35. The first-order chi connectivity index (χ1) is 34.3. The molecule has 0 spiro atoms. The van der Waals surface area contributed by atoms with Gasteiger partial charge in [-0.1, -0.05) is 50.2 Å². The molecule has 4 heterocycles. The molecule has 2 saturated heterocycles. The Morgan fingerprint density at radius 2 is 1.74 bits per heavy atom. The molecule has 14 nitrogen and oxygen atoms in total. The van der Waals surface area contributed by atoms with Gasteiger partial charge >= 0.3 is 6.18 Å². The smallest absolute Gasteiger partial charge is 0.417 e. The molecule has 8 rings (SSSR count). The van der Waals surface area contributed by atoms with Crippen LogP contribution in [0.25, 0.3) is 10.4 Å². The average Bonchev–Trinajstić information content (AvgIpc) is 4.10. The number of anilines is 2. The Kier molecular flexibility index (Phi) is 15.2. The number of nitrogens with one attached hydrogen (secondary N) is 1. The largest absolute Gasteiger partial charge is 0.491 e. The number of likely N-dealkylation sites (tertiary alicyclic amines) is 1. The van der Waals surface area contributed by atoms with Crippen LogP contribution in [0.2, 0.25) is 0 Å². The van der Waals surface area contributed by atoms with Crippen molar-refractivity contribution in [2.45, 2.75) is 96.9 Å². The summed E-state index contributed by atoms with van der Waals surface area (Å²) in [4.78, 5) is 66.7. The van der Waals surface area contributed by atoms with Crippen molar-refractivity contribution in [3.05, 3.63) is 130 Å². The number of hydrogen-bond acceptors (Lipinski definition) is 11. The van der Waals surface area contributed by atoms with E-state index in [9.17, 15) is 42.7 Å². The fourth-order valence-electron chi connectivity index (χ4n) is 9.63. The Morgan fingerprint density at radius 1 is 1.01 bits per heavy atom. The molecule has 0 unspecified atom stereocenters. The summed E-state index contributed by atoms with van der Waals surface area (Å²) in [6.45, 7) is 10.3. The maximum atomic E-state index is 14.4. The number of aliphatic hydroxyl groups excluding tert-OH is 1. The van der Waals surface area contributed by atoms with E-state index in [1.807, 2.05) is 57.2 Å². The molecule has 3 aliphatic rings. The van der Waals surface area contributed by atoms with Gasteiger partial charge in [0.15, 0.2) is 5.11 Å². The third kappa shape index (κ3) is 10.4. The standard InChI is InChI=1S/C53H54F3N7O7S2/c1-31(2)45(49(67)60-28-39(64)25-44(60)47(65)58-27-33-11-13-35(14-12-33)46-32(3)59-30-72-46)61-29-42-34(8-6-10-41(42)48(61)66)9-7-21-69-22-23-70-40-19-17-37(18-20-40)63-51(71)62(50(68)52(63,4)5)38-16-15-36(26-57)43(24-38)53(54,55)56/h6,8,10-20,24,30-31,39,44-45,64H,7,9,21-23,25,27-29H2,1-5H3,(H,58,65)/t39-,44+,45+/m1/s1. The summed E-state index contributed by atoms with van der Waals surface area (Å²) in [6, 6.07) is 23.1. The number of thiocarbonyl (C=S) groups is 1. The van der Waals surface area contributed by atoms with Gasteiger partial charge in [-0.05, 0) is 123 Å². The van der Waals surface area contributed by atoms with Gasteiger partial charge in [-0.25, -0.2) is 4.98 Å². The van der Waals surface area contributed by atoms with Crippen LogP contribution < -0.4 is 19.9 Å². The van der Waals surface area contributed by atoms with Gasteiger partial charge in [-0.2, -0.15) is 18.4 Å². The van der Waals surface area contributed by atoms with Crippen LogP contribution in [0.3, 0.4) is 0 Å². The Hall–Kier alpha value is -6.72. The van der Waals surface area contributed by atoms with E-state index >= 15 is 0 Å². The highest BCUT2D eigenvalue weighted by Gasteiger charge is 2.51. The van der Waals surface area contributed by atoms with Crippen molar-refractivity contribution in [3.63, 3.8) is 0 Å². The first-order valence-corrected chi connectivity index (χ1v) is 24.9. The van der Waals surface area contributed by atoms with Gasteiger partial charge in [0.2, 0.25) is 11.8 Å². The fourth-order valence-corrected chi connectivity index (χ4v) is 11.0. The molecule has 4 amide bonds. The molecule has 2 fully saturated rings. The topological polar surface area (TPSA) is 169 Å². The summed E-state index contributed by atoms with van der Waals surface area (Å²) in [5.41, 5.74) is 4.49. The molecule has 0 bridgehead atoms. The minimum absolute atomic E-state index is 0.0140. The number of rotatable bonds is 17. The minimum Gasteiger partial charge on any atom is -0.491 e. The lowest BCUT2D eigenvalue weighted by Crippen LogP contribution is -2.55.